The van der Waals surface area contributed by atoms with Gasteiger partial charge in [0.15, 0.2) is 0 Å². The molecule has 1 aliphatic heterocycles. The van der Waals surface area contributed by atoms with Crippen LogP contribution in [0.3, 0.4) is 0 Å². The van der Waals surface area contributed by atoms with Crippen LogP contribution in [0.1, 0.15) is 28.8 Å². The van der Waals surface area contributed by atoms with E-state index in [9.17, 15) is 4.79 Å². The maximum atomic E-state index is 12.4. The molecule has 5 heteroatoms. The lowest BCUT2D eigenvalue weighted by Crippen LogP contribution is -2.27. The van der Waals surface area contributed by atoms with E-state index in [1.54, 1.807) is 12.4 Å². The normalized spacial score (nSPS) is 14.1. The molecule has 4 nitrogen and oxygen atoms in total. The Kier molecular flexibility index (Phi) is 4.59. The summed E-state index contributed by atoms with van der Waals surface area (Å²) >= 11 is 6.14. The average Bonchev–Trinajstić information content (AvgIpc) is 3.08. The van der Waals surface area contributed by atoms with Crippen molar-refractivity contribution in [3.8, 4) is 0 Å². The number of hydrogen-bond acceptors (Lipinski definition) is 3. The zero-order chi connectivity index (χ0) is 15.4. The van der Waals surface area contributed by atoms with E-state index < -0.39 is 0 Å². The Hall–Kier alpha value is -2.07. The van der Waals surface area contributed by atoms with Crippen LogP contribution in [0.2, 0.25) is 5.02 Å². The van der Waals surface area contributed by atoms with E-state index in [2.05, 4.69) is 10.3 Å². The summed E-state index contributed by atoms with van der Waals surface area (Å²) < 4.78 is 0. The number of pyridine rings is 1. The second-order valence-corrected chi connectivity index (χ2v) is 5.81. The van der Waals surface area contributed by atoms with Crippen molar-refractivity contribution in [2.24, 2.45) is 0 Å². The molecule has 0 saturated carbocycles. The number of nitrogens with zero attached hydrogens (tertiary/aromatic N) is 2. The number of benzene rings is 1. The van der Waals surface area contributed by atoms with Crippen molar-refractivity contribution in [1.82, 2.24) is 9.88 Å². The van der Waals surface area contributed by atoms with Crippen molar-refractivity contribution in [3.05, 3.63) is 58.9 Å². The molecule has 2 aromatic rings. The van der Waals surface area contributed by atoms with E-state index in [1.165, 1.54) is 0 Å². The zero-order valence-electron chi connectivity index (χ0n) is 12.3. The highest BCUT2D eigenvalue weighted by Crippen LogP contribution is 2.18. The molecule has 22 heavy (non-hydrogen) atoms. The highest BCUT2D eigenvalue weighted by atomic mass is 35.5. The number of anilines is 1. The molecular weight excluding hydrogens is 298 g/mol. The third-order valence-corrected chi connectivity index (χ3v) is 4.19. The van der Waals surface area contributed by atoms with Crippen LogP contribution >= 0.6 is 11.6 Å². The third-order valence-electron chi connectivity index (χ3n) is 3.82. The first-order valence-corrected chi connectivity index (χ1v) is 7.83. The molecule has 1 amide bonds. The number of carbonyl (C=O) groups is 1. The minimum atomic E-state index is 0.0615. The van der Waals surface area contributed by atoms with Crippen molar-refractivity contribution >= 4 is 23.2 Å². The molecule has 0 bridgehead atoms. The second-order valence-electron chi connectivity index (χ2n) is 5.41. The van der Waals surface area contributed by atoms with Gasteiger partial charge in [-0.25, -0.2) is 0 Å². The van der Waals surface area contributed by atoms with E-state index in [0.29, 0.717) is 12.1 Å². The molecule has 0 radical (unpaired) electrons. The van der Waals surface area contributed by atoms with Gasteiger partial charge in [-0.15, -0.1) is 0 Å². The van der Waals surface area contributed by atoms with Crippen molar-refractivity contribution in [3.63, 3.8) is 0 Å². The van der Waals surface area contributed by atoms with Crippen LogP contribution in [0, 0.1) is 0 Å². The lowest BCUT2D eigenvalue weighted by atomic mass is 10.2. The highest BCUT2D eigenvalue weighted by Gasteiger charge is 2.19. The van der Waals surface area contributed by atoms with Gasteiger partial charge < -0.3 is 10.2 Å². The molecule has 1 aromatic heterocycles. The molecule has 0 unspecified atom stereocenters. The molecule has 0 spiro atoms. The summed E-state index contributed by atoms with van der Waals surface area (Å²) in [4.78, 5) is 18.4. The van der Waals surface area contributed by atoms with Gasteiger partial charge in [-0.05, 0) is 30.5 Å². The maximum Gasteiger partial charge on any atom is 0.255 e. The summed E-state index contributed by atoms with van der Waals surface area (Å²) in [6, 6.07) is 9.55. The molecule has 3 rings (SSSR count). The number of nitrogens with one attached hydrogen (secondary N) is 1. The quantitative estimate of drug-likeness (QED) is 0.938. The molecule has 2 heterocycles. The molecule has 1 N–H and O–H groups in total. The summed E-state index contributed by atoms with van der Waals surface area (Å²) in [5, 5.41) is 4.00. The minimum absolute atomic E-state index is 0.0615. The van der Waals surface area contributed by atoms with Gasteiger partial charge in [0.05, 0.1) is 11.3 Å². The van der Waals surface area contributed by atoms with Gasteiger partial charge in [0, 0.05) is 37.1 Å². The van der Waals surface area contributed by atoms with E-state index in [1.807, 2.05) is 35.2 Å². The fraction of sp³-hybridized carbons (Fsp3) is 0.294. The van der Waals surface area contributed by atoms with Gasteiger partial charge >= 0.3 is 0 Å². The van der Waals surface area contributed by atoms with Crippen LogP contribution in [-0.2, 0) is 6.54 Å². The first-order valence-electron chi connectivity index (χ1n) is 7.45. The van der Waals surface area contributed by atoms with Crippen molar-refractivity contribution in [1.29, 1.82) is 0 Å². The number of likely N-dealkylation sites (tertiary alicyclic amines) is 1. The third kappa shape index (κ3) is 3.39. The number of hydrogen-bond donors (Lipinski definition) is 1. The van der Waals surface area contributed by atoms with Crippen LogP contribution in [0.5, 0.6) is 0 Å². The number of aromatic nitrogens is 1. The van der Waals surface area contributed by atoms with Crippen LogP contribution in [0.25, 0.3) is 0 Å². The lowest BCUT2D eigenvalue weighted by molar-refractivity contribution is 0.0792. The summed E-state index contributed by atoms with van der Waals surface area (Å²) in [5.41, 5.74) is 2.47. The van der Waals surface area contributed by atoms with E-state index >= 15 is 0 Å². The van der Waals surface area contributed by atoms with Crippen LogP contribution < -0.4 is 5.32 Å². The molecule has 1 aromatic carbocycles. The van der Waals surface area contributed by atoms with E-state index in [-0.39, 0.29) is 5.91 Å². The average molecular weight is 316 g/mol. The molecule has 1 fully saturated rings. The molecule has 114 valence electrons. The monoisotopic (exact) mass is 315 g/mol. The molecule has 1 aliphatic rings. The van der Waals surface area contributed by atoms with E-state index in [0.717, 1.165) is 42.2 Å². The Balaban J connectivity index is 1.68. The van der Waals surface area contributed by atoms with Crippen LogP contribution in [-0.4, -0.2) is 28.9 Å². The molecule has 0 aliphatic carbocycles. The maximum absolute atomic E-state index is 12.4. The van der Waals surface area contributed by atoms with Crippen molar-refractivity contribution in [2.45, 2.75) is 19.4 Å². The number of halogens is 1. The predicted octanol–water partition coefficient (Wildman–Crippen LogP) is 3.58. The Labute approximate surface area is 135 Å². The van der Waals surface area contributed by atoms with Gasteiger partial charge in [0.2, 0.25) is 0 Å². The summed E-state index contributed by atoms with van der Waals surface area (Å²) in [7, 11) is 0. The molecule has 0 atom stereocenters. The highest BCUT2D eigenvalue weighted by molar-refractivity contribution is 6.31. The standard InChI is InChI=1S/C17H18ClN3O/c18-16-6-2-1-5-13(16)11-20-15-9-14(10-19-12-15)17(22)21-7-3-4-8-21/h1-2,5-6,9-10,12,20H,3-4,7-8,11H2. The van der Waals surface area contributed by atoms with Crippen LogP contribution in [0.4, 0.5) is 5.69 Å². The van der Waals surface area contributed by atoms with Gasteiger partial charge in [0.25, 0.3) is 5.91 Å². The Bertz CT molecular complexity index is 668. The van der Waals surface area contributed by atoms with Gasteiger partial charge in [-0.2, -0.15) is 0 Å². The smallest absolute Gasteiger partial charge is 0.255 e. The molecular formula is C17H18ClN3O. The predicted molar refractivity (Wildman–Crippen MR) is 88.2 cm³/mol. The number of carbonyl (C=O) groups excluding carboxylic acids is 1. The van der Waals surface area contributed by atoms with E-state index in [4.69, 9.17) is 11.6 Å². The van der Waals surface area contributed by atoms with Gasteiger partial charge in [-0.3, -0.25) is 9.78 Å². The summed E-state index contributed by atoms with van der Waals surface area (Å²) in [6.45, 7) is 2.29. The fourth-order valence-corrected chi connectivity index (χ4v) is 2.80. The van der Waals surface area contributed by atoms with Gasteiger partial charge in [0.1, 0.15) is 0 Å². The lowest BCUT2D eigenvalue weighted by Gasteiger charge is -2.15. The first-order chi connectivity index (χ1) is 10.7. The zero-order valence-corrected chi connectivity index (χ0v) is 13.0. The topological polar surface area (TPSA) is 45.2 Å². The van der Waals surface area contributed by atoms with Crippen molar-refractivity contribution in [2.75, 3.05) is 18.4 Å². The fourth-order valence-electron chi connectivity index (χ4n) is 2.60. The Morgan fingerprint density at radius 1 is 1.23 bits per heavy atom. The van der Waals surface area contributed by atoms with Crippen LogP contribution in [0.15, 0.2) is 42.7 Å². The first kappa shape index (κ1) is 14.9. The number of rotatable bonds is 4. The number of amides is 1. The summed E-state index contributed by atoms with van der Waals surface area (Å²) in [5.74, 6) is 0.0615. The van der Waals surface area contributed by atoms with Gasteiger partial charge in [-0.1, -0.05) is 29.8 Å². The Morgan fingerprint density at radius 2 is 2.00 bits per heavy atom. The largest absolute Gasteiger partial charge is 0.380 e. The molecule has 1 saturated heterocycles. The van der Waals surface area contributed by atoms with Crippen molar-refractivity contribution < 1.29 is 4.79 Å². The minimum Gasteiger partial charge on any atom is -0.380 e. The second kappa shape index (κ2) is 6.79. The summed E-state index contributed by atoms with van der Waals surface area (Å²) in [6.07, 6.45) is 5.52. The SMILES string of the molecule is O=C(c1cncc(NCc2ccccc2Cl)c1)N1CCCC1. The Morgan fingerprint density at radius 3 is 2.77 bits per heavy atom.